The summed E-state index contributed by atoms with van der Waals surface area (Å²) in [6.07, 6.45) is 7.18. The van der Waals surface area contributed by atoms with Gasteiger partial charge in [-0.1, -0.05) is 67.6 Å². The average molecular weight is 197 g/mol. The van der Waals surface area contributed by atoms with Crippen LogP contribution in [0.4, 0.5) is 0 Å². The van der Waals surface area contributed by atoms with E-state index in [4.69, 9.17) is 0 Å². The molecular weight excluding hydrogens is 179 g/mol. The van der Waals surface area contributed by atoms with Gasteiger partial charge in [-0.05, 0) is 17.9 Å². The summed E-state index contributed by atoms with van der Waals surface area (Å²) < 4.78 is 0. The fraction of sp³-hybridized carbons (Fsp3) is 0.571. The molecule has 3 rings (SSSR count). The first kappa shape index (κ1) is 9.51. The summed E-state index contributed by atoms with van der Waals surface area (Å²) in [5, 5.41) is 0. The highest BCUT2D eigenvalue weighted by Crippen LogP contribution is 2.49. The molecule has 2 fully saturated rings. The summed E-state index contributed by atoms with van der Waals surface area (Å²) in [4.78, 5) is 0. The molecule has 0 aliphatic carbocycles. The molecule has 0 amide bonds. The van der Waals surface area contributed by atoms with E-state index in [0.717, 1.165) is 17.6 Å². The Hall–Kier alpha value is -0.715. The quantitative estimate of drug-likeness (QED) is 0.596. The lowest BCUT2D eigenvalue weighted by Crippen LogP contribution is -2.27. The first-order valence-corrected chi connectivity index (χ1v) is 6.33. The highest BCUT2D eigenvalue weighted by molar-refractivity contribution is 6.40. The first-order valence-electron chi connectivity index (χ1n) is 6.33. The second-order valence-electron chi connectivity index (χ2n) is 5.14. The SMILES string of the molecule is [B]1C2CCCC1C(c1ccccc1)CC2. The molecule has 77 valence electrons. The van der Waals surface area contributed by atoms with Crippen molar-refractivity contribution in [2.45, 2.75) is 49.7 Å². The summed E-state index contributed by atoms with van der Waals surface area (Å²) in [6, 6.07) is 11.1. The molecule has 3 unspecified atom stereocenters. The molecular formula is C14H18B. The van der Waals surface area contributed by atoms with Crippen LogP contribution in [0.25, 0.3) is 0 Å². The van der Waals surface area contributed by atoms with Crippen molar-refractivity contribution in [1.82, 2.24) is 0 Å². The minimum absolute atomic E-state index is 0.822. The van der Waals surface area contributed by atoms with Crippen molar-refractivity contribution in [2.24, 2.45) is 0 Å². The predicted molar refractivity (Wildman–Crippen MR) is 65.5 cm³/mol. The highest BCUT2D eigenvalue weighted by Gasteiger charge is 2.34. The van der Waals surface area contributed by atoms with Crippen molar-refractivity contribution in [1.29, 1.82) is 0 Å². The van der Waals surface area contributed by atoms with Crippen LogP contribution in [0, 0.1) is 0 Å². The standard InChI is InChI=1S/C14H18B/c1-2-5-11(6-3-1)13-10-9-12-7-4-8-14(13)15-12/h1-3,5-6,12-14H,4,7-10H2. The van der Waals surface area contributed by atoms with E-state index in [1.54, 1.807) is 5.56 Å². The average Bonchev–Trinajstić information content (AvgIpc) is 2.31. The van der Waals surface area contributed by atoms with Gasteiger partial charge in [0.15, 0.2) is 0 Å². The molecule has 2 aliphatic heterocycles. The van der Waals surface area contributed by atoms with Gasteiger partial charge in [0, 0.05) is 0 Å². The van der Waals surface area contributed by atoms with E-state index in [9.17, 15) is 0 Å². The lowest BCUT2D eigenvalue weighted by atomic mass is 9.41. The van der Waals surface area contributed by atoms with Crippen LogP contribution in [0.15, 0.2) is 30.3 Å². The lowest BCUT2D eigenvalue weighted by Gasteiger charge is -2.40. The van der Waals surface area contributed by atoms with Gasteiger partial charge in [-0.2, -0.15) is 0 Å². The predicted octanol–water partition coefficient (Wildman–Crippen LogP) is 4.03. The number of benzene rings is 1. The number of hydrogen-bond donors (Lipinski definition) is 0. The Kier molecular flexibility index (Phi) is 2.56. The third-order valence-electron chi connectivity index (χ3n) is 4.22. The van der Waals surface area contributed by atoms with E-state index < -0.39 is 0 Å². The van der Waals surface area contributed by atoms with Crippen LogP contribution < -0.4 is 0 Å². The van der Waals surface area contributed by atoms with Crippen LogP contribution in [-0.4, -0.2) is 7.28 Å². The third-order valence-corrected chi connectivity index (χ3v) is 4.22. The van der Waals surface area contributed by atoms with E-state index in [1.165, 1.54) is 32.1 Å². The molecule has 0 N–H and O–H groups in total. The molecule has 0 spiro atoms. The highest BCUT2D eigenvalue weighted by atomic mass is 14.3. The molecule has 1 heteroatoms. The zero-order valence-corrected chi connectivity index (χ0v) is 9.23. The monoisotopic (exact) mass is 197 g/mol. The fourth-order valence-corrected chi connectivity index (χ4v) is 3.46. The van der Waals surface area contributed by atoms with Crippen LogP contribution in [0.3, 0.4) is 0 Å². The van der Waals surface area contributed by atoms with Gasteiger partial charge >= 0.3 is 0 Å². The van der Waals surface area contributed by atoms with Crippen molar-refractivity contribution >= 4 is 7.28 Å². The molecule has 0 nitrogen and oxygen atoms in total. The van der Waals surface area contributed by atoms with Gasteiger partial charge in [0.1, 0.15) is 7.28 Å². The first-order chi connectivity index (χ1) is 7.43. The zero-order chi connectivity index (χ0) is 10.1. The van der Waals surface area contributed by atoms with Crippen molar-refractivity contribution in [2.75, 3.05) is 0 Å². The Morgan fingerprint density at radius 3 is 2.67 bits per heavy atom. The topological polar surface area (TPSA) is 0 Å². The van der Waals surface area contributed by atoms with Crippen LogP contribution >= 0.6 is 0 Å². The van der Waals surface area contributed by atoms with Gasteiger partial charge in [0.05, 0.1) is 0 Å². The molecule has 1 radical (unpaired) electrons. The Balaban J connectivity index is 1.81. The minimum Gasteiger partial charge on any atom is -0.0685 e. The fourth-order valence-electron chi connectivity index (χ4n) is 3.46. The molecule has 3 atom stereocenters. The number of fused-ring (bicyclic) bond motifs is 2. The molecule has 2 bridgehead atoms. The molecule has 1 aromatic carbocycles. The summed E-state index contributed by atoms with van der Waals surface area (Å²) in [6.45, 7) is 0. The smallest absolute Gasteiger partial charge is 0.0685 e. The largest absolute Gasteiger partial charge is 0.118 e. The van der Waals surface area contributed by atoms with Gasteiger partial charge in [0.2, 0.25) is 0 Å². The lowest BCUT2D eigenvalue weighted by molar-refractivity contribution is 0.410. The molecule has 15 heavy (non-hydrogen) atoms. The van der Waals surface area contributed by atoms with Crippen LogP contribution in [0.5, 0.6) is 0 Å². The van der Waals surface area contributed by atoms with Crippen molar-refractivity contribution in [3.8, 4) is 0 Å². The van der Waals surface area contributed by atoms with Crippen LogP contribution in [0.2, 0.25) is 11.6 Å². The van der Waals surface area contributed by atoms with Crippen LogP contribution in [0.1, 0.15) is 43.6 Å². The maximum atomic E-state index is 2.66. The summed E-state index contributed by atoms with van der Waals surface area (Å²) >= 11 is 0. The Bertz CT molecular complexity index is 319. The molecule has 0 saturated carbocycles. The maximum Gasteiger partial charge on any atom is 0.118 e. The summed E-state index contributed by atoms with van der Waals surface area (Å²) in [7, 11) is 2.66. The molecule has 2 saturated heterocycles. The maximum absolute atomic E-state index is 2.66. The minimum atomic E-state index is 0.822. The number of rotatable bonds is 1. The second-order valence-corrected chi connectivity index (χ2v) is 5.14. The normalized spacial score (nSPS) is 34.5. The van der Waals surface area contributed by atoms with Gasteiger partial charge in [-0.25, -0.2) is 0 Å². The van der Waals surface area contributed by atoms with E-state index >= 15 is 0 Å². The Labute approximate surface area is 93.3 Å². The molecule has 1 aromatic rings. The molecule has 2 aliphatic rings. The zero-order valence-electron chi connectivity index (χ0n) is 9.23. The van der Waals surface area contributed by atoms with Crippen molar-refractivity contribution < 1.29 is 0 Å². The summed E-state index contributed by atoms with van der Waals surface area (Å²) in [5.74, 6) is 2.64. The van der Waals surface area contributed by atoms with E-state index in [1.807, 2.05) is 0 Å². The van der Waals surface area contributed by atoms with Crippen molar-refractivity contribution in [3.63, 3.8) is 0 Å². The second kappa shape index (κ2) is 4.04. The van der Waals surface area contributed by atoms with E-state index in [-0.39, 0.29) is 0 Å². The van der Waals surface area contributed by atoms with Gasteiger partial charge < -0.3 is 0 Å². The van der Waals surface area contributed by atoms with Gasteiger partial charge in [-0.15, -0.1) is 0 Å². The summed E-state index contributed by atoms with van der Waals surface area (Å²) in [5.41, 5.74) is 1.57. The van der Waals surface area contributed by atoms with Gasteiger partial charge in [0.25, 0.3) is 0 Å². The van der Waals surface area contributed by atoms with E-state index in [2.05, 4.69) is 37.6 Å². The van der Waals surface area contributed by atoms with Crippen LogP contribution in [-0.2, 0) is 0 Å². The van der Waals surface area contributed by atoms with Gasteiger partial charge in [-0.3, -0.25) is 0 Å². The Morgan fingerprint density at radius 2 is 1.80 bits per heavy atom. The van der Waals surface area contributed by atoms with E-state index in [0.29, 0.717) is 0 Å². The molecule has 2 heterocycles. The molecule has 0 aromatic heterocycles. The third kappa shape index (κ3) is 1.84. The number of hydrogen-bond acceptors (Lipinski definition) is 0. The van der Waals surface area contributed by atoms with Crippen molar-refractivity contribution in [3.05, 3.63) is 35.9 Å². The Morgan fingerprint density at radius 1 is 0.933 bits per heavy atom.